The first kappa shape index (κ1) is 26.5. The maximum atomic E-state index is 13.4. The number of nitrogens with zero attached hydrogens (tertiary/aromatic N) is 3. The minimum Gasteiger partial charge on any atom is -0.472 e. The molecule has 8 heteroatoms. The van der Waals surface area contributed by atoms with Crippen molar-refractivity contribution in [2.45, 2.75) is 59.6 Å². The predicted octanol–water partition coefficient (Wildman–Crippen LogP) is 2.75. The number of hydrogen-bond donors (Lipinski definition) is 2. The first-order valence-electron chi connectivity index (χ1n) is 11.7. The smallest absolute Gasteiger partial charge is 0.317 e. The van der Waals surface area contributed by atoms with Gasteiger partial charge in [0, 0.05) is 44.2 Å². The van der Waals surface area contributed by atoms with E-state index in [1.54, 1.807) is 29.1 Å². The number of ether oxygens (including phenoxy) is 1. The van der Waals surface area contributed by atoms with Crippen molar-refractivity contribution in [1.82, 2.24) is 20.1 Å². The Hall–Kier alpha value is -2.79. The third-order valence-corrected chi connectivity index (χ3v) is 5.59. The molecule has 0 unspecified atom stereocenters. The van der Waals surface area contributed by atoms with Gasteiger partial charge in [0.15, 0.2) is 0 Å². The molecule has 0 spiro atoms. The van der Waals surface area contributed by atoms with Crippen LogP contribution in [-0.4, -0.2) is 77.3 Å². The Morgan fingerprint density at radius 2 is 2.15 bits per heavy atom. The van der Waals surface area contributed by atoms with Gasteiger partial charge in [-0.1, -0.05) is 39.5 Å². The van der Waals surface area contributed by atoms with Crippen molar-refractivity contribution >= 4 is 11.9 Å². The van der Waals surface area contributed by atoms with Crippen LogP contribution < -0.4 is 10.1 Å². The van der Waals surface area contributed by atoms with E-state index >= 15 is 0 Å². The zero-order valence-corrected chi connectivity index (χ0v) is 20.7. The molecule has 3 amide bonds. The van der Waals surface area contributed by atoms with Crippen molar-refractivity contribution in [3.05, 3.63) is 23.4 Å². The Morgan fingerprint density at radius 1 is 1.42 bits per heavy atom. The average Bonchev–Trinajstić information content (AvgIpc) is 2.79. The van der Waals surface area contributed by atoms with Crippen LogP contribution >= 0.6 is 0 Å². The van der Waals surface area contributed by atoms with Gasteiger partial charge in [0.05, 0.1) is 19.2 Å². The van der Waals surface area contributed by atoms with E-state index in [4.69, 9.17) is 4.74 Å². The number of rotatable bonds is 7. The summed E-state index contributed by atoms with van der Waals surface area (Å²) < 4.78 is 6.21. The Bertz CT molecular complexity index is 877. The Kier molecular flexibility index (Phi) is 9.98. The lowest BCUT2D eigenvalue weighted by atomic mass is 10.00. The molecule has 3 atom stereocenters. The van der Waals surface area contributed by atoms with Crippen LogP contribution in [0.3, 0.4) is 0 Å². The Balaban J connectivity index is 2.38. The fourth-order valence-electron chi connectivity index (χ4n) is 3.47. The van der Waals surface area contributed by atoms with Gasteiger partial charge in [-0.15, -0.1) is 0 Å². The average molecular weight is 459 g/mol. The van der Waals surface area contributed by atoms with Crippen molar-refractivity contribution < 1.29 is 19.4 Å². The number of hydrogen-bond acceptors (Lipinski definition) is 5. The topological polar surface area (TPSA) is 95.0 Å². The molecule has 2 rings (SSSR count). The van der Waals surface area contributed by atoms with Gasteiger partial charge in [-0.3, -0.25) is 4.79 Å². The molecule has 1 aromatic rings. The molecule has 1 aliphatic heterocycles. The number of pyridine rings is 1. The highest BCUT2D eigenvalue weighted by atomic mass is 16.5. The van der Waals surface area contributed by atoms with E-state index in [-0.39, 0.29) is 42.5 Å². The number of urea groups is 1. The molecular weight excluding hydrogens is 420 g/mol. The molecular formula is C25H38N4O4. The summed E-state index contributed by atoms with van der Waals surface area (Å²) in [7, 11) is 1.72. The van der Waals surface area contributed by atoms with E-state index in [0.717, 1.165) is 12.8 Å². The van der Waals surface area contributed by atoms with Crippen LogP contribution in [0.5, 0.6) is 5.88 Å². The van der Waals surface area contributed by atoms with Gasteiger partial charge in [-0.2, -0.15) is 0 Å². The second kappa shape index (κ2) is 12.4. The van der Waals surface area contributed by atoms with Gasteiger partial charge in [0.1, 0.15) is 11.7 Å². The summed E-state index contributed by atoms with van der Waals surface area (Å²) in [5.74, 6) is 6.54. The number of aliphatic hydroxyl groups excluding tert-OH is 1. The molecule has 0 aliphatic carbocycles. The maximum Gasteiger partial charge on any atom is 0.317 e. The molecule has 0 saturated heterocycles. The van der Waals surface area contributed by atoms with Crippen LogP contribution in [0, 0.1) is 23.7 Å². The minimum atomic E-state index is -0.381. The highest BCUT2D eigenvalue weighted by molar-refractivity contribution is 5.97. The number of carbonyl (C=O) groups excluding carboxylic acids is 2. The summed E-state index contributed by atoms with van der Waals surface area (Å²) in [5.41, 5.74) is 0.964. The van der Waals surface area contributed by atoms with E-state index in [1.165, 1.54) is 0 Å². The first-order valence-corrected chi connectivity index (χ1v) is 11.7. The molecule has 2 N–H and O–H groups in total. The van der Waals surface area contributed by atoms with E-state index in [1.807, 2.05) is 20.8 Å². The zero-order chi connectivity index (χ0) is 24.5. The third-order valence-electron chi connectivity index (χ3n) is 5.59. The van der Waals surface area contributed by atoms with Crippen LogP contribution in [0.25, 0.3) is 0 Å². The van der Waals surface area contributed by atoms with Gasteiger partial charge >= 0.3 is 6.03 Å². The largest absolute Gasteiger partial charge is 0.472 e. The van der Waals surface area contributed by atoms with Crippen molar-refractivity contribution in [2.75, 3.05) is 33.3 Å². The van der Waals surface area contributed by atoms with E-state index in [2.05, 4.69) is 36.0 Å². The van der Waals surface area contributed by atoms with Crippen molar-refractivity contribution in [3.8, 4) is 17.7 Å². The lowest BCUT2D eigenvalue weighted by Gasteiger charge is -2.37. The highest BCUT2D eigenvalue weighted by Crippen LogP contribution is 2.27. The molecule has 8 nitrogen and oxygen atoms in total. The normalized spacial score (nSPS) is 18.9. The van der Waals surface area contributed by atoms with Crippen molar-refractivity contribution in [3.63, 3.8) is 0 Å². The van der Waals surface area contributed by atoms with Gasteiger partial charge in [-0.25, -0.2) is 9.78 Å². The SMILES string of the molecule is CCCNC(=O)N(C)C[C@H]1Oc2ncc(C#CCC(C)C)cc2C(=O)N([C@@H](C)CO)C[C@@H]1C. The summed E-state index contributed by atoms with van der Waals surface area (Å²) in [4.78, 5) is 33.4. The van der Waals surface area contributed by atoms with Crippen LogP contribution in [-0.2, 0) is 0 Å². The quantitative estimate of drug-likeness (QED) is 0.613. The first-order chi connectivity index (χ1) is 15.7. The number of amides is 3. The molecule has 0 bridgehead atoms. The van der Waals surface area contributed by atoms with Crippen molar-refractivity contribution in [1.29, 1.82) is 0 Å². The van der Waals surface area contributed by atoms with Crippen LogP contribution in [0.1, 0.15) is 63.4 Å². The molecule has 1 aliphatic rings. The van der Waals surface area contributed by atoms with Gasteiger partial charge in [0.2, 0.25) is 5.88 Å². The fourth-order valence-corrected chi connectivity index (χ4v) is 3.47. The lowest BCUT2D eigenvalue weighted by molar-refractivity contribution is 0.0352. The summed E-state index contributed by atoms with van der Waals surface area (Å²) in [6.07, 6.45) is 2.83. The number of fused-ring (bicyclic) bond motifs is 1. The Morgan fingerprint density at radius 3 is 2.79 bits per heavy atom. The predicted molar refractivity (Wildman–Crippen MR) is 128 cm³/mol. The fraction of sp³-hybridized carbons (Fsp3) is 0.640. The van der Waals surface area contributed by atoms with Gasteiger partial charge in [0.25, 0.3) is 5.91 Å². The van der Waals surface area contributed by atoms with E-state index in [0.29, 0.717) is 36.7 Å². The number of likely N-dealkylation sites (N-methyl/N-ethyl adjacent to an activating group) is 1. The van der Waals surface area contributed by atoms with Gasteiger partial charge in [-0.05, 0) is 25.3 Å². The standard InChI is InChI=1S/C25H38N4O4/c1-7-11-26-25(32)28(6)15-22-18(4)14-29(19(5)16-30)24(31)21-12-20(10-8-9-17(2)3)13-27-23(21)33-22/h12-13,17-19,22,30H,7,9,11,14-16H2,1-6H3,(H,26,32)/t18-,19-,22+/m0/s1. The number of nitrogens with one attached hydrogen (secondary N) is 1. The molecule has 1 aromatic heterocycles. The van der Waals surface area contributed by atoms with Crippen molar-refractivity contribution in [2.24, 2.45) is 11.8 Å². The third kappa shape index (κ3) is 7.36. The molecule has 182 valence electrons. The highest BCUT2D eigenvalue weighted by Gasteiger charge is 2.34. The summed E-state index contributed by atoms with van der Waals surface area (Å²) in [5, 5.41) is 12.6. The molecule has 2 heterocycles. The maximum absolute atomic E-state index is 13.4. The summed E-state index contributed by atoms with van der Waals surface area (Å²) >= 11 is 0. The molecule has 0 radical (unpaired) electrons. The minimum absolute atomic E-state index is 0.0927. The second-order valence-corrected chi connectivity index (χ2v) is 9.21. The van der Waals surface area contributed by atoms with Gasteiger partial charge < -0.3 is 25.0 Å². The van der Waals surface area contributed by atoms with Crippen LogP contribution in [0.15, 0.2) is 12.3 Å². The van der Waals surface area contributed by atoms with E-state index < -0.39 is 0 Å². The lowest BCUT2D eigenvalue weighted by Crippen LogP contribution is -2.51. The zero-order valence-electron chi connectivity index (χ0n) is 20.7. The van der Waals surface area contributed by atoms with Crippen LogP contribution in [0.4, 0.5) is 4.79 Å². The Labute approximate surface area is 197 Å². The molecule has 0 fully saturated rings. The summed E-state index contributed by atoms with van der Waals surface area (Å²) in [6, 6.07) is 1.17. The van der Waals surface area contributed by atoms with E-state index in [9.17, 15) is 14.7 Å². The number of aromatic nitrogens is 1. The second-order valence-electron chi connectivity index (χ2n) is 9.21. The van der Waals surface area contributed by atoms with Crippen LogP contribution in [0.2, 0.25) is 0 Å². The molecule has 33 heavy (non-hydrogen) atoms. The molecule has 0 aromatic carbocycles. The monoisotopic (exact) mass is 458 g/mol. The number of aliphatic hydroxyl groups is 1. The number of carbonyl (C=O) groups is 2. The molecule has 0 saturated carbocycles. The summed E-state index contributed by atoms with van der Waals surface area (Å²) in [6.45, 7) is 11.2.